The lowest BCUT2D eigenvalue weighted by molar-refractivity contribution is -0.105. The average Bonchev–Trinajstić information content (AvgIpc) is 2.70. The molecule has 0 saturated heterocycles. The maximum atomic E-state index is 13.4. The fourth-order valence-electron chi connectivity index (χ4n) is 3.10. The number of hydrogen-bond donors (Lipinski definition) is 1. The van der Waals surface area contributed by atoms with E-state index in [4.69, 9.17) is 0 Å². The van der Waals surface area contributed by atoms with Gasteiger partial charge in [0.25, 0.3) is 5.56 Å². The number of carbonyl (C=O) groups is 1. The van der Waals surface area contributed by atoms with Crippen molar-refractivity contribution in [1.82, 2.24) is 9.55 Å². The van der Waals surface area contributed by atoms with Gasteiger partial charge in [0.15, 0.2) is 24.7 Å². The number of aromatic nitrogens is 2. The molecule has 3 aromatic rings. The fourth-order valence-corrected chi connectivity index (χ4v) is 4.50. The molecule has 1 amide bonds. The predicted molar refractivity (Wildman–Crippen MR) is 121 cm³/mol. The van der Waals surface area contributed by atoms with E-state index < -0.39 is 35.9 Å². The largest absolute Gasteiger partial charge is 0.322 e. The van der Waals surface area contributed by atoms with E-state index in [1.807, 2.05) is 13.8 Å². The van der Waals surface area contributed by atoms with E-state index in [0.29, 0.717) is 11.3 Å². The van der Waals surface area contributed by atoms with E-state index in [9.17, 15) is 26.4 Å². The molecule has 0 aliphatic rings. The maximum Gasteiger partial charge on any atom is 0.283 e. The Balaban J connectivity index is 2.45. The van der Waals surface area contributed by atoms with Gasteiger partial charge in [-0.05, 0) is 61.4 Å². The van der Waals surface area contributed by atoms with Crippen molar-refractivity contribution in [2.45, 2.75) is 23.8 Å². The van der Waals surface area contributed by atoms with E-state index in [1.54, 1.807) is 18.2 Å². The van der Waals surface area contributed by atoms with Crippen LogP contribution in [-0.2, 0) is 24.5 Å². The van der Waals surface area contributed by atoms with Crippen LogP contribution in [0.25, 0.3) is 17.1 Å². The van der Waals surface area contributed by atoms with Gasteiger partial charge in [0.2, 0.25) is 6.41 Å². The summed E-state index contributed by atoms with van der Waals surface area (Å²) in [5.41, 5.74) is 1.31. The molecule has 1 aromatic heterocycles. The number of sulfone groups is 2. The Morgan fingerprint density at radius 2 is 1.53 bits per heavy atom. The molecule has 0 spiro atoms. The summed E-state index contributed by atoms with van der Waals surface area (Å²) in [4.78, 5) is 28.8. The molecular formula is C21H21N3O6S2. The number of nitrogens with one attached hydrogen (secondary N) is 1. The van der Waals surface area contributed by atoms with Crippen molar-refractivity contribution in [2.24, 2.45) is 0 Å². The molecule has 1 N–H and O–H groups in total. The van der Waals surface area contributed by atoms with Gasteiger partial charge in [0.05, 0.1) is 10.6 Å². The molecule has 0 atom stereocenters. The third kappa shape index (κ3) is 4.48. The minimum absolute atomic E-state index is 0.0184. The van der Waals surface area contributed by atoms with Gasteiger partial charge in [-0.2, -0.15) is 0 Å². The summed E-state index contributed by atoms with van der Waals surface area (Å²) in [5, 5.41) is 1.57. The molecule has 0 unspecified atom stereocenters. The van der Waals surface area contributed by atoms with E-state index in [-0.39, 0.29) is 17.1 Å². The van der Waals surface area contributed by atoms with E-state index >= 15 is 0 Å². The van der Waals surface area contributed by atoms with E-state index in [0.717, 1.165) is 23.6 Å². The maximum absolute atomic E-state index is 13.4. The van der Waals surface area contributed by atoms with E-state index in [2.05, 4.69) is 10.3 Å². The molecule has 2 aromatic carbocycles. The number of anilines is 1. The van der Waals surface area contributed by atoms with Gasteiger partial charge in [-0.1, -0.05) is 6.07 Å². The number of hydrogen-bond acceptors (Lipinski definition) is 7. The molecule has 0 bridgehead atoms. The van der Waals surface area contributed by atoms with Crippen LogP contribution in [0.4, 0.5) is 5.69 Å². The summed E-state index contributed by atoms with van der Waals surface area (Å²) in [6.07, 6.45) is 2.15. The van der Waals surface area contributed by atoms with Gasteiger partial charge in [0, 0.05) is 18.1 Å². The highest BCUT2D eigenvalue weighted by molar-refractivity contribution is 7.91. The molecule has 32 heavy (non-hydrogen) atoms. The second-order valence-corrected chi connectivity index (χ2v) is 11.3. The normalized spacial score (nSPS) is 11.9. The van der Waals surface area contributed by atoms with Gasteiger partial charge in [-0.25, -0.2) is 21.8 Å². The highest BCUT2D eigenvalue weighted by Gasteiger charge is 2.25. The smallest absolute Gasteiger partial charge is 0.283 e. The Morgan fingerprint density at radius 1 is 0.906 bits per heavy atom. The topological polar surface area (TPSA) is 132 Å². The molecule has 3 rings (SSSR count). The van der Waals surface area contributed by atoms with Crippen molar-refractivity contribution in [2.75, 3.05) is 17.8 Å². The van der Waals surface area contributed by atoms with Crippen LogP contribution in [0.1, 0.15) is 11.1 Å². The zero-order valence-electron chi connectivity index (χ0n) is 17.8. The summed E-state index contributed by atoms with van der Waals surface area (Å²) in [5.74, 6) is -0.0184. The third-order valence-corrected chi connectivity index (χ3v) is 7.02. The quantitative estimate of drug-likeness (QED) is 0.425. The minimum Gasteiger partial charge on any atom is -0.322 e. The predicted octanol–water partition coefficient (Wildman–Crippen LogP) is 1.89. The highest BCUT2D eigenvalue weighted by Crippen LogP contribution is 2.26. The highest BCUT2D eigenvalue weighted by atomic mass is 32.2. The van der Waals surface area contributed by atoms with Gasteiger partial charge in [-0.3, -0.25) is 14.2 Å². The summed E-state index contributed by atoms with van der Waals surface area (Å²) in [6.45, 7) is 3.75. The van der Waals surface area contributed by atoms with Crippen molar-refractivity contribution in [3.8, 4) is 17.1 Å². The molecule has 11 heteroatoms. The standard InChI is InChI=1S/C21H21N3O6S2/c1-13-5-8-16(11-14(13)2)24-19(15-6-9-17(10-7-15)31(3,27)28)23-20(32(4,29)30)18(21(24)26)22-12-25/h5-12H,1-4H3,(H,22,25). The number of aryl methyl sites for hydroxylation is 2. The van der Waals surface area contributed by atoms with Gasteiger partial charge in [-0.15, -0.1) is 0 Å². The number of carbonyl (C=O) groups excluding carboxylic acids is 1. The molecule has 0 saturated carbocycles. The van der Waals surface area contributed by atoms with Crippen molar-refractivity contribution in [1.29, 1.82) is 0 Å². The second kappa shape index (κ2) is 8.32. The molecule has 0 aliphatic carbocycles. The second-order valence-electron chi connectivity index (χ2n) is 7.36. The lowest BCUT2D eigenvalue weighted by Crippen LogP contribution is -2.28. The van der Waals surface area contributed by atoms with Crippen molar-refractivity contribution in [3.05, 3.63) is 63.9 Å². The van der Waals surface area contributed by atoms with Crippen LogP contribution in [0.2, 0.25) is 0 Å². The Labute approximate surface area is 185 Å². The first-order valence-corrected chi connectivity index (χ1v) is 13.1. The van der Waals surface area contributed by atoms with Crippen molar-refractivity contribution >= 4 is 31.8 Å². The lowest BCUT2D eigenvalue weighted by atomic mass is 10.1. The monoisotopic (exact) mass is 475 g/mol. The molecule has 0 aliphatic heterocycles. The molecular weight excluding hydrogens is 454 g/mol. The van der Waals surface area contributed by atoms with Crippen LogP contribution in [0.15, 0.2) is 57.2 Å². The molecule has 9 nitrogen and oxygen atoms in total. The first-order valence-electron chi connectivity index (χ1n) is 9.30. The van der Waals surface area contributed by atoms with Gasteiger partial charge < -0.3 is 5.32 Å². The van der Waals surface area contributed by atoms with Crippen LogP contribution >= 0.6 is 0 Å². The van der Waals surface area contributed by atoms with Crippen LogP contribution in [0, 0.1) is 13.8 Å². The van der Waals surface area contributed by atoms with Crippen LogP contribution < -0.4 is 10.9 Å². The summed E-state index contributed by atoms with van der Waals surface area (Å²) in [7, 11) is -7.46. The summed E-state index contributed by atoms with van der Waals surface area (Å²) >= 11 is 0. The number of amides is 1. The fraction of sp³-hybridized carbons (Fsp3) is 0.190. The Kier molecular flexibility index (Phi) is 6.07. The minimum atomic E-state index is -4.00. The summed E-state index contributed by atoms with van der Waals surface area (Å²) < 4.78 is 49.5. The SMILES string of the molecule is Cc1ccc(-n2c(-c3ccc(S(C)(=O)=O)cc3)nc(S(C)(=O)=O)c(NC=O)c2=O)cc1C. The van der Waals surface area contributed by atoms with Crippen LogP contribution in [0.3, 0.4) is 0 Å². The Hall–Kier alpha value is -3.31. The Bertz CT molecular complexity index is 1490. The lowest BCUT2D eigenvalue weighted by Gasteiger charge is -2.17. The summed E-state index contributed by atoms with van der Waals surface area (Å²) in [6, 6.07) is 10.8. The molecule has 1 heterocycles. The molecule has 0 fully saturated rings. The number of nitrogens with zero attached hydrogens (tertiary/aromatic N) is 2. The first kappa shape index (κ1) is 23.4. The third-order valence-electron chi connectivity index (χ3n) is 4.89. The van der Waals surface area contributed by atoms with Gasteiger partial charge in [0.1, 0.15) is 11.5 Å². The molecule has 168 valence electrons. The zero-order chi connectivity index (χ0) is 23.8. The van der Waals surface area contributed by atoms with Crippen LogP contribution in [-0.4, -0.2) is 45.3 Å². The number of benzene rings is 2. The van der Waals surface area contributed by atoms with Crippen LogP contribution in [0.5, 0.6) is 0 Å². The average molecular weight is 476 g/mol. The van der Waals surface area contributed by atoms with Crippen molar-refractivity contribution in [3.63, 3.8) is 0 Å². The zero-order valence-corrected chi connectivity index (χ0v) is 19.4. The first-order chi connectivity index (χ1) is 14.8. The molecule has 0 radical (unpaired) electrons. The number of rotatable bonds is 6. The van der Waals surface area contributed by atoms with Gasteiger partial charge >= 0.3 is 0 Å². The van der Waals surface area contributed by atoms with Crippen molar-refractivity contribution < 1.29 is 21.6 Å². The van der Waals surface area contributed by atoms with E-state index in [1.165, 1.54) is 28.8 Å². The Morgan fingerprint density at radius 3 is 2.03 bits per heavy atom.